The van der Waals surface area contributed by atoms with Crippen LogP contribution in [0.25, 0.3) is 10.2 Å². The van der Waals surface area contributed by atoms with Gasteiger partial charge in [-0.15, -0.1) is 11.8 Å². The molecule has 1 aromatic heterocycles. The zero-order chi connectivity index (χ0) is 20.4. The van der Waals surface area contributed by atoms with Crippen LogP contribution in [0.2, 0.25) is 0 Å². The highest BCUT2D eigenvalue weighted by molar-refractivity contribution is 8.00. The second-order valence-electron chi connectivity index (χ2n) is 7.23. The molecule has 1 aliphatic rings. The van der Waals surface area contributed by atoms with E-state index in [1.165, 1.54) is 29.5 Å². The number of carbonyl (C=O) groups excluding carboxylic acids is 1. The number of fused-ring (bicyclic) bond motifs is 1. The Morgan fingerprint density at radius 1 is 1.28 bits per heavy atom. The Balaban J connectivity index is 1.57. The van der Waals surface area contributed by atoms with Crippen LogP contribution in [0.4, 0.5) is 9.52 Å². The van der Waals surface area contributed by atoms with Gasteiger partial charge in [-0.1, -0.05) is 17.4 Å². The third-order valence-corrected chi connectivity index (χ3v) is 7.23. The number of aryl methyl sites for hydroxylation is 2. The molecule has 0 N–H and O–H groups in total. The van der Waals surface area contributed by atoms with Gasteiger partial charge in [0.15, 0.2) is 5.13 Å². The number of rotatable bonds is 6. The molecule has 0 bridgehead atoms. The van der Waals surface area contributed by atoms with Gasteiger partial charge in [0.2, 0.25) is 5.91 Å². The van der Waals surface area contributed by atoms with Crippen LogP contribution in [0.5, 0.6) is 0 Å². The van der Waals surface area contributed by atoms with Crippen molar-refractivity contribution in [1.82, 2.24) is 4.98 Å². The van der Waals surface area contributed by atoms with Gasteiger partial charge >= 0.3 is 0 Å². The number of nitrogens with zero attached hydrogens (tertiary/aromatic N) is 2. The van der Waals surface area contributed by atoms with E-state index in [0.717, 1.165) is 40.1 Å². The standard InChI is InChI=1S/C22H23FN2O2S2/c1-14-5-10-19-21(15(14)2)24-22(29-19)25(12-17-4-3-11-27-17)20(26)13-28-18-8-6-16(23)7-9-18/h5-10,17H,3-4,11-13H2,1-2H3. The molecular formula is C22H23FN2O2S2. The van der Waals surface area contributed by atoms with Crippen molar-refractivity contribution >= 4 is 44.4 Å². The molecule has 0 saturated carbocycles. The SMILES string of the molecule is Cc1ccc2sc(N(CC3CCCO3)C(=O)CSc3ccc(F)cc3)nc2c1C. The number of hydrogen-bond donors (Lipinski definition) is 0. The van der Waals surface area contributed by atoms with Crippen LogP contribution in [0, 0.1) is 19.7 Å². The van der Waals surface area contributed by atoms with Crippen LogP contribution in [-0.2, 0) is 9.53 Å². The van der Waals surface area contributed by atoms with Gasteiger partial charge in [-0.2, -0.15) is 0 Å². The summed E-state index contributed by atoms with van der Waals surface area (Å²) in [4.78, 5) is 20.6. The van der Waals surface area contributed by atoms with Gasteiger partial charge in [0.25, 0.3) is 0 Å². The van der Waals surface area contributed by atoms with Crippen molar-refractivity contribution in [2.75, 3.05) is 23.8 Å². The van der Waals surface area contributed by atoms with Crippen LogP contribution < -0.4 is 4.90 Å². The first-order chi connectivity index (χ1) is 14.0. The molecule has 2 aromatic carbocycles. The third kappa shape index (κ3) is 4.63. The smallest absolute Gasteiger partial charge is 0.239 e. The molecular weight excluding hydrogens is 407 g/mol. The molecule has 4 rings (SSSR count). The molecule has 0 radical (unpaired) electrons. The first-order valence-electron chi connectivity index (χ1n) is 9.68. The maximum absolute atomic E-state index is 13.1. The Kier molecular flexibility index (Phi) is 6.18. The fourth-order valence-electron chi connectivity index (χ4n) is 3.36. The highest BCUT2D eigenvalue weighted by Crippen LogP contribution is 2.33. The minimum atomic E-state index is -0.277. The lowest BCUT2D eigenvalue weighted by Gasteiger charge is -2.23. The van der Waals surface area contributed by atoms with Gasteiger partial charge in [-0.3, -0.25) is 9.69 Å². The van der Waals surface area contributed by atoms with Crippen molar-refractivity contribution in [3.63, 3.8) is 0 Å². The molecule has 1 aliphatic heterocycles. The molecule has 1 saturated heterocycles. The average Bonchev–Trinajstić information content (AvgIpc) is 3.38. The number of ether oxygens (including phenoxy) is 1. The molecule has 1 unspecified atom stereocenters. The number of hydrogen-bond acceptors (Lipinski definition) is 5. The molecule has 0 aliphatic carbocycles. The summed E-state index contributed by atoms with van der Waals surface area (Å²) < 4.78 is 20.0. The van der Waals surface area contributed by atoms with Gasteiger partial charge in [0.05, 0.1) is 28.6 Å². The summed E-state index contributed by atoms with van der Waals surface area (Å²) >= 11 is 2.95. The topological polar surface area (TPSA) is 42.4 Å². The van der Waals surface area contributed by atoms with E-state index in [2.05, 4.69) is 26.0 Å². The van der Waals surface area contributed by atoms with Gasteiger partial charge in [-0.25, -0.2) is 9.37 Å². The zero-order valence-electron chi connectivity index (χ0n) is 16.5. The summed E-state index contributed by atoms with van der Waals surface area (Å²) in [6, 6.07) is 10.4. The highest BCUT2D eigenvalue weighted by Gasteiger charge is 2.26. The summed E-state index contributed by atoms with van der Waals surface area (Å²) in [5, 5.41) is 0.717. The predicted molar refractivity (Wildman–Crippen MR) is 118 cm³/mol. The number of thiazole rings is 1. The molecule has 1 atom stereocenters. The summed E-state index contributed by atoms with van der Waals surface area (Å²) in [5.41, 5.74) is 3.30. The maximum Gasteiger partial charge on any atom is 0.239 e. The number of anilines is 1. The molecule has 0 spiro atoms. The van der Waals surface area contributed by atoms with E-state index in [1.54, 1.807) is 28.4 Å². The van der Waals surface area contributed by atoms with E-state index in [4.69, 9.17) is 9.72 Å². The lowest BCUT2D eigenvalue weighted by atomic mass is 10.1. The molecule has 2 heterocycles. The minimum absolute atomic E-state index is 0.0109. The molecule has 3 aromatic rings. The third-order valence-electron chi connectivity index (χ3n) is 5.19. The number of aromatic nitrogens is 1. The number of amides is 1. The fraction of sp³-hybridized carbons (Fsp3) is 0.364. The fourth-order valence-corrected chi connectivity index (χ4v) is 5.19. The Morgan fingerprint density at radius 2 is 2.07 bits per heavy atom. The van der Waals surface area contributed by atoms with Crippen molar-refractivity contribution in [3.8, 4) is 0 Å². The van der Waals surface area contributed by atoms with Gasteiger partial charge < -0.3 is 4.74 Å². The van der Waals surface area contributed by atoms with Crippen LogP contribution in [0.15, 0.2) is 41.3 Å². The summed E-state index contributed by atoms with van der Waals surface area (Å²) in [6.45, 7) is 5.40. The lowest BCUT2D eigenvalue weighted by Crippen LogP contribution is -2.38. The number of carbonyl (C=O) groups is 1. The molecule has 4 nitrogen and oxygen atoms in total. The van der Waals surface area contributed by atoms with Crippen molar-refractivity contribution in [3.05, 3.63) is 53.3 Å². The Morgan fingerprint density at radius 3 is 2.79 bits per heavy atom. The maximum atomic E-state index is 13.1. The van der Waals surface area contributed by atoms with Gasteiger partial charge in [0, 0.05) is 11.5 Å². The van der Waals surface area contributed by atoms with E-state index in [0.29, 0.717) is 11.7 Å². The second-order valence-corrected chi connectivity index (χ2v) is 9.29. The molecule has 1 amide bonds. The second kappa shape index (κ2) is 8.81. The molecule has 152 valence electrons. The predicted octanol–water partition coefficient (Wildman–Crippen LogP) is 5.36. The van der Waals surface area contributed by atoms with Crippen molar-refractivity contribution in [1.29, 1.82) is 0 Å². The van der Waals surface area contributed by atoms with E-state index >= 15 is 0 Å². The summed E-state index contributed by atoms with van der Waals surface area (Å²) in [5.74, 6) is -0.0178. The first kappa shape index (κ1) is 20.3. The van der Waals surface area contributed by atoms with E-state index < -0.39 is 0 Å². The lowest BCUT2D eigenvalue weighted by molar-refractivity contribution is -0.116. The minimum Gasteiger partial charge on any atom is -0.376 e. The Hall–Kier alpha value is -1.96. The monoisotopic (exact) mass is 430 g/mol. The van der Waals surface area contributed by atoms with Gasteiger partial charge in [0.1, 0.15) is 5.82 Å². The highest BCUT2D eigenvalue weighted by atomic mass is 32.2. The zero-order valence-corrected chi connectivity index (χ0v) is 18.1. The van der Waals surface area contributed by atoms with Crippen molar-refractivity contribution in [2.24, 2.45) is 0 Å². The first-order valence-corrected chi connectivity index (χ1v) is 11.5. The summed E-state index contributed by atoms with van der Waals surface area (Å²) in [7, 11) is 0. The molecule has 7 heteroatoms. The van der Waals surface area contributed by atoms with E-state index in [-0.39, 0.29) is 23.6 Å². The van der Waals surface area contributed by atoms with E-state index in [1.807, 2.05) is 0 Å². The molecule has 29 heavy (non-hydrogen) atoms. The van der Waals surface area contributed by atoms with E-state index in [9.17, 15) is 9.18 Å². The number of halogens is 1. The quantitative estimate of drug-likeness (QED) is 0.494. The number of benzene rings is 2. The van der Waals surface area contributed by atoms with Crippen LogP contribution >= 0.6 is 23.1 Å². The normalized spacial score (nSPS) is 16.4. The Bertz CT molecular complexity index is 1010. The van der Waals surface area contributed by atoms with Crippen LogP contribution in [0.1, 0.15) is 24.0 Å². The summed E-state index contributed by atoms with van der Waals surface area (Å²) in [6.07, 6.45) is 2.03. The van der Waals surface area contributed by atoms with Crippen LogP contribution in [-0.4, -0.2) is 35.9 Å². The van der Waals surface area contributed by atoms with Gasteiger partial charge in [-0.05, 0) is 68.1 Å². The molecule has 1 fully saturated rings. The Labute approximate surface area is 178 Å². The number of thioether (sulfide) groups is 1. The largest absolute Gasteiger partial charge is 0.376 e. The van der Waals surface area contributed by atoms with Crippen LogP contribution in [0.3, 0.4) is 0 Å². The van der Waals surface area contributed by atoms with Crippen molar-refractivity contribution in [2.45, 2.75) is 37.7 Å². The average molecular weight is 431 g/mol. The van der Waals surface area contributed by atoms with Crippen molar-refractivity contribution < 1.29 is 13.9 Å².